The van der Waals surface area contributed by atoms with Crippen LogP contribution in [0.2, 0.25) is 0 Å². The van der Waals surface area contributed by atoms with Gasteiger partial charge in [0.15, 0.2) is 11.5 Å². The maximum atomic E-state index is 12.4. The lowest BCUT2D eigenvalue weighted by molar-refractivity contribution is -0.126. The zero-order chi connectivity index (χ0) is 24.8. The van der Waals surface area contributed by atoms with Crippen molar-refractivity contribution in [3.8, 4) is 23.0 Å². The molecule has 0 fully saturated rings. The van der Waals surface area contributed by atoms with Crippen molar-refractivity contribution in [3.63, 3.8) is 0 Å². The molecule has 0 aliphatic carbocycles. The number of carbonyl (C=O) groups is 2. The number of methoxy groups -OCH3 is 2. The highest BCUT2D eigenvalue weighted by molar-refractivity contribution is 6.00. The maximum Gasteiger partial charge on any atom is 0.162 e. The first kappa shape index (κ1) is 23.9. The van der Waals surface area contributed by atoms with E-state index < -0.39 is 0 Å². The first-order chi connectivity index (χ1) is 16.9. The van der Waals surface area contributed by atoms with E-state index >= 15 is 0 Å². The van der Waals surface area contributed by atoms with Gasteiger partial charge in [0.25, 0.3) is 0 Å². The summed E-state index contributed by atoms with van der Waals surface area (Å²) in [6.45, 7) is 1.94. The zero-order valence-corrected chi connectivity index (χ0v) is 19.9. The smallest absolute Gasteiger partial charge is 0.162 e. The minimum Gasteiger partial charge on any atom is -0.493 e. The van der Waals surface area contributed by atoms with E-state index in [0.717, 1.165) is 16.5 Å². The van der Waals surface area contributed by atoms with Crippen molar-refractivity contribution in [3.05, 3.63) is 83.8 Å². The predicted octanol–water partition coefficient (Wildman–Crippen LogP) is 5.06. The van der Waals surface area contributed by atoms with Crippen LogP contribution < -0.4 is 14.2 Å². The van der Waals surface area contributed by atoms with Crippen LogP contribution in [0.3, 0.4) is 0 Å². The van der Waals surface area contributed by atoms with E-state index in [1.165, 1.54) is 0 Å². The second kappa shape index (κ2) is 10.8. The number of rotatable bonds is 10. The molecule has 0 bridgehead atoms. The predicted molar refractivity (Wildman–Crippen MR) is 132 cm³/mol. The molecule has 0 aliphatic heterocycles. The third-order valence-electron chi connectivity index (χ3n) is 5.50. The molecule has 0 N–H and O–H groups in total. The largest absolute Gasteiger partial charge is 0.493 e. The van der Waals surface area contributed by atoms with Gasteiger partial charge < -0.3 is 14.2 Å². The normalized spacial score (nSPS) is 10.7. The molecule has 0 radical (unpaired) electrons. The van der Waals surface area contributed by atoms with E-state index in [1.807, 2.05) is 37.3 Å². The second-order valence-corrected chi connectivity index (χ2v) is 8.21. The van der Waals surface area contributed by atoms with Crippen molar-refractivity contribution in [2.45, 2.75) is 26.2 Å². The van der Waals surface area contributed by atoms with E-state index in [4.69, 9.17) is 14.2 Å². The lowest BCUT2D eigenvalue weighted by Gasteiger charge is -2.12. The molecule has 178 valence electrons. The zero-order valence-electron chi connectivity index (χ0n) is 19.9. The van der Waals surface area contributed by atoms with Gasteiger partial charge in [-0.2, -0.15) is 0 Å². The molecule has 0 unspecified atom stereocenters. The summed E-state index contributed by atoms with van der Waals surface area (Å²) in [5.74, 6) is 2.15. The average molecular weight is 471 g/mol. The minimum atomic E-state index is -0.136. The molecule has 0 saturated heterocycles. The van der Waals surface area contributed by atoms with Gasteiger partial charge in [-0.05, 0) is 48.4 Å². The number of hydrogen-bond donors (Lipinski definition) is 0. The molecule has 2 aromatic carbocycles. The van der Waals surface area contributed by atoms with Gasteiger partial charge in [0.05, 0.1) is 26.2 Å². The second-order valence-electron chi connectivity index (χ2n) is 8.21. The van der Waals surface area contributed by atoms with E-state index in [0.29, 0.717) is 34.2 Å². The summed E-state index contributed by atoms with van der Waals surface area (Å²) in [5.41, 5.74) is 3.24. The molecule has 4 aromatic rings. The van der Waals surface area contributed by atoms with Crippen molar-refractivity contribution in [1.82, 2.24) is 9.97 Å². The Morgan fingerprint density at radius 1 is 0.800 bits per heavy atom. The van der Waals surface area contributed by atoms with Crippen LogP contribution in [0.25, 0.3) is 10.9 Å². The molecule has 0 aliphatic rings. The highest BCUT2D eigenvalue weighted by atomic mass is 16.5. The Morgan fingerprint density at radius 2 is 1.51 bits per heavy atom. The van der Waals surface area contributed by atoms with Crippen LogP contribution in [-0.4, -0.2) is 35.8 Å². The lowest BCUT2D eigenvalue weighted by Crippen LogP contribution is -2.13. The minimum absolute atomic E-state index is 0.109. The highest BCUT2D eigenvalue weighted by Crippen LogP contribution is 2.36. The van der Waals surface area contributed by atoms with Crippen molar-refractivity contribution in [2.75, 3.05) is 14.2 Å². The molecule has 7 heteroatoms. The first-order valence-corrected chi connectivity index (χ1v) is 11.2. The summed E-state index contributed by atoms with van der Waals surface area (Å²) in [6, 6.07) is 16.4. The van der Waals surface area contributed by atoms with E-state index in [2.05, 4.69) is 9.97 Å². The Labute approximate surface area is 203 Å². The molecule has 4 rings (SSSR count). The number of aryl methyl sites for hydroxylation is 1. The van der Waals surface area contributed by atoms with Gasteiger partial charge in [-0.1, -0.05) is 18.2 Å². The number of fused-ring (bicyclic) bond motifs is 1. The molecule has 35 heavy (non-hydrogen) atoms. The van der Waals surface area contributed by atoms with Crippen LogP contribution in [0, 0.1) is 6.92 Å². The molecule has 0 spiro atoms. The van der Waals surface area contributed by atoms with Crippen molar-refractivity contribution >= 4 is 22.5 Å². The fourth-order valence-corrected chi connectivity index (χ4v) is 3.72. The van der Waals surface area contributed by atoms with Crippen LogP contribution in [-0.2, 0) is 22.4 Å². The van der Waals surface area contributed by atoms with Gasteiger partial charge in [0.1, 0.15) is 23.1 Å². The van der Waals surface area contributed by atoms with Crippen LogP contribution in [0.1, 0.15) is 23.2 Å². The number of ether oxygens (including phenoxy) is 3. The Kier molecular flexibility index (Phi) is 7.35. The molecule has 0 saturated carbocycles. The third kappa shape index (κ3) is 6.00. The molecule has 2 aromatic heterocycles. The van der Waals surface area contributed by atoms with E-state index in [1.54, 1.807) is 50.9 Å². The Bertz CT molecular complexity index is 1350. The molecular formula is C28H26N2O5. The quantitative estimate of drug-likeness (QED) is 0.299. The van der Waals surface area contributed by atoms with Crippen LogP contribution >= 0.6 is 0 Å². The topological polar surface area (TPSA) is 87.6 Å². The van der Waals surface area contributed by atoms with Crippen LogP contribution in [0.5, 0.6) is 23.0 Å². The van der Waals surface area contributed by atoms with Crippen molar-refractivity contribution in [1.29, 1.82) is 0 Å². The number of ketones is 2. The Morgan fingerprint density at radius 3 is 2.20 bits per heavy atom. The molecule has 0 atom stereocenters. The number of nitrogens with zero attached hydrogens (tertiary/aromatic N) is 2. The molecule has 0 amide bonds. The fraction of sp³-hybridized carbons (Fsp3) is 0.214. The van der Waals surface area contributed by atoms with Gasteiger partial charge in [-0.3, -0.25) is 19.6 Å². The van der Waals surface area contributed by atoms with Gasteiger partial charge in [-0.25, -0.2) is 0 Å². The standard InChI is InChI=1S/C28H26N2O5/c1-18-4-7-20(30-17-18)13-22(32)14-21(31)12-19-5-8-23(9-6-19)35-26-10-11-29-25-16-28(34-3)27(33-2)15-24(25)26/h4-11,15-17H,12-14H2,1-3H3. The molecule has 2 heterocycles. The van der Waals surface area contributed by atoms with Crippen LogP contribution in [0.15, 0.2) is 67.0 Å². The SMILES string of the molecule is COc1cc2nccc(Oc3ccc(CC(=O)CC(=O)Cc4ccc(C)cn4)cc3)c2cc1OC. The summed E-state index contributed by atoms with van der Waals surface area (Å²) in [6.07, 6.45) is 3.62. The van der Waals surface area contributed by atoms with Crippen molar-refractivity contribution in [2.24, 2.45) is 0 Å². The Hall–Kier alpha value is -4.26. The van der Waals surface area contributed by atoms with E-state index in [-0.39, 0.29) is 30.8 Å². The number of pyridine rings is 2. The summed E-state index contributed by atoms with van der Waals surface area (Å²) in [7, 11) is 3.15. The number of benzene rings is 2. The fourth-order valence-electron chi connectivity index (χ4n) is 3.72. The van der Waals surface area contributed by atoms with Crippen LogP contribution in [0.4, 0.5) is 0 Å². The van der Waals surface area contributed by atoms with Gasteiger partial charge >= 0.3 is 0 Å². The monoisotopic (exact) mass is 470 g/mol. The van der Waals surface area contributed by atoms with Gasteiger partial charge in [0.2, 0.25) is 0 Å². The lowest BCUT2D eigenvalue weighted by atomic mass is 10.0. The number of Topliss-reactive ketones (excluding diaryl/α,β-unsaturated/α-hetero) is 2. The van der Waals surface area contributed by atoms with Crippen molar-refractivity contribution < 1.29 is 23.8 Å². The van der Waals surface area contributed by atoms with E-state index in [9.17, 15) is 9.59 Å². The first-order valence-electron chi connectivity index (χ1n) is 11.2. The Balaban J connectivity index is 1.39. The highest BCUT2D eigenvalue weighted by Gasteiger charge is 2.13. The number of hydrogen-bond acceptors (Lipinski definition) is 7. The summed E-state index contributed by atoms with van der Waals surface area (Å²) < 4.78 is 16.8. The summed E-state index contributed by atoms with van der Waals surface area (Å²) >= 11 is 0. The maximum absolute atomic E-state index is 12.4. The average Bonchev–Trinajstić information content (AvgIpc) is 2.85. The third-order valence-corrected chi connectivity index (χ3v) is 5.50. The molecular weight excluding hydrogens is 444 g/mol. The van der Waals surface area contributed by atoms with Gasteiger partial charge in [0, 0.05) is 42.4 Å². The summed E-state index contributed by atoms with van der Waals surface area (Å²) in [5, 5.41) is 0.783. The van der Waals surface area contributed by atoms with Gasteiger partial charge in [-0.15, -0.1) is 0 Å². The number of aromatic nitrogens is 2. The summed E-state index contributed by atoms with van der Waals surface area (Å²) in [4.78, 5) is 33.3. The number of carbonyl (C=O) groups excluding carboxylic acids is 2. The molecule has 7 nitrogen and oxygen atoms in total.